The van der Waals surface area contributed by atoms with Crippen molar-refractivity contribution in [1.82, 2.24) is 10.2 Å². The van der Waals surface area contributed by atoms with Crippen molar-refractivity contribution in [2.45, 2.75) is 24.8 Å². The highest BCUT2D eigenvalue weighted by atomic mass is 32.2. The molecule has 0 aromatic heterocycles. The van der Waals surface area contributed by atoms with Gasteiger partial charge in [-0.15, -0.1) is 0 Å². The summed E-state index contributed by atoms with van der Waals surface area (Å²) in [4.78, 5) is 24.1. The summed E-state index contributed by atoms with van der Waals surface area (Å²) in [5.74, 6) is -0.169. The van der Waals surface area contributed by atoms with E-state index < -0.39 is 33.3 Å². The first-order chi connectivity index (χ1) is 8.77. The van der Waals surface area contributed by atoms with Gasteiger partial charge in [-0.2, -0.15) is 11.8 Å². The van der Waals surface area contributed by atoms with Crippen LogP contribution in [-0.2, 0) is 14.6 Å². The first kappa shape index (κ1) is 16.1. The predicted octanol–water partition coefficient (Wildman–Crippen LogP) is -0.0213. The second-order valence-corrected chi connectivity index (χ2v) is 7.65. The molecule has 0 spiro atoms. The van der Waals surface area contributed by atoms with Crippen LogP contribution in [0, 0.1) is 0 Å². The van der Waals surface area contributed by atoms with Crippen LogP contribution in [-0.4, -0.2) is 66.1 Å². The molecule has 0 radical (unpaired) electrons. The van der Waals surface area contributed by atoms with Crippen LogP contribution < -0.4 is 5.32 Å². The van der Waals surface area contributed by atoms with Gasteiger partial charge in [0.2, 0.25) is 0 Å². The summed E-state index contributed by atoms with van der Waals surface area (Å²) < 4.78 is 23.3. The summed E-state index contributed by atoms with van der Waals surface area (Å²) >= 11 is 1.46. The highest BCUT2D eigenvalue weighted by Crippen LogP contribution is 2.20. The molecule has 2 N–H and O–H groups in total. The van der Waals surface area contributed by atoms with Crippen LogP contribution in [0.1, 0.15) is 13.3 Å². The molecule has 1 aliphatic heterocycles. The van der Waals surface area contributed by atoms with Gasteiger partial charge in [0.05, 0.1) is 0 Å². The fourth-order valence-corrected chi connectivity index (χ4v) is 4.55. The van der Waals surface area contributed by atoms with Gasteiger partial charge in [0.25, 0.3) is 0 Å². The fraction of sp³-hybridized carbons (Fsp3) is 0.800. The molecule has 1 saturated heterocycles. The van der Waals surface area contributed by atoms with E-state index in [0.717, 1.165) is 6.26 Å². The van der Waals surface area contributed by atoms with Gasteiger partial charge < -0.3 is 15.3 Å². The summed E-state index contributed by atoms with van der Waals surface area (Å²) in [5.41, 5.74) is 0. The van der Waals surface area contributed by atoms with Gasteiger partial charge in [-0.25, -0.2) is 18.0 Å². The third kappa shape index (κ3) is 4.27. The minimum absolute atomic E-state index is 0.243. The number of nitrogens with one attached hydrogen (secondary N) is 1. The molecule has 1 fully saturated rings. The zero-order valence-electron chi connectivity index (χ0n) is 10.8. The first-order valence-corrected chi connectivity index (χ1v) is 8.94. The van der Waals surface area contributed by atoms with Crippen molar-refractivity contribution >= 4 is 33.6 Å². The van der Waals surface area contributed by atoms with Crippen molar-refractivity contribution in [2.24, 2.45) is 0 Å². The zero-order valence-corrected chi connectivity index (χ0v) is 12.5. The summed E-state index contributed by atoms with van der Waals surface area (Å²) in [6.45, 7) is 1.93. The Bertz CT molecular complexity index is 451. The number of amides is 2. The normalized spacial score (nSPS) is 21.8. The van der Waals surface area contributed by atoms with Gasteiger partial charge in [-0.1, -0.05) is 6.92 Å². The van der Waals surface area contributed by atoms with E-state index in [0.29, 0.717) is 18.1 Å². The Kier molecular flexibility index (Phi) is 5.48. The Balaban J connectivity index is 2.81. The molecule has 1 rings (SSSR count). The van der Waals surface area contributed by atoms with Gasteiger partial charge in [0.1, 0.15) is 11.4 Å². The average molecular weight is 310 g/mol. The number of nitrogens with zero attached hydrogens (tertiary/aromatic N) is 1. The smallest absolute Gasteiger partial charge is 0.326 e. The van der Waals surface area contributed by atoms with Crippen molar-refractivity contribution in [3.8, 4) is 0 Å². The molecule has 0 aromatic rings. The van der Waals surface area contributed by atoms with E-state index in [-0.39, 0.29) is 6.42 Å². The quantitative estimate of drug-likeness (QED) is 0.756. The van der Waals surface area contributed by atoms with Crippen molar-refractivity contribution in [3.05, 3.63) is 0 Å². The van der Waals surface area contributed by atoms with E-state index >= 15 is 0 Å². The molecule has 0 bridgehead atoms. The third-order valence-corrected chi connectivity index (χ3v) is 5.49. The first-order valence-electron chi connectivity index (χ1n) is 5.84. The molecular weight excluding hydrogens is 292 g/mol. The third-order valence-electron chi connectivity index (χ3n) is 2.84. The molecule has 1 aliphatic rings. The number of hydrogen-bond acceptors (Lipinski definition) is 5. The van der Waals surface area contributed by atoms with Gasteiger partial charge in [0, 0.05) is 24.3 Å². The summed E-state index contributed by atoms with van der Waals surface area (Å²) in [5, 5.41) is 10.4. The summed E-state index contributed by atoms with van der Waals surface area (Å²) in [6.07, 6.45) is 1.32. The van der Waals surface area contributed by atoms with E-state index in [1.54, 1.807) is 6.92 Å². The van der Waals surface area contributed by atoms with Crippen LogP contribution in [0.25, 0.3) is 0 Å². The van der Waals surface area contributed by atoms with Gasteiger partial charge in [-0.05, 0) is 6.42 Å². The van der Waals surface area contributed by atoms with E-state index in [1.807, 2.05) is 0 Å². The minimum Gasteiger partial charge on any atom is -0.480 e. The van der Waals surface area contributed by atoms with Crippen LogP contribution in [0.3, 0.4) is 0 Å². The topological polar surface area (TPSA) is 104 Å². The molecule has 0 aliphatic carbocycles. The number of aliphatic carboxylic acids is 1. The fourth-order valence-electron chi connectivity index (χ4n) is 1.74. The van der Waals surface area contributed by atoms with Crippen molar-refractivity contribution < 1.29 is 23.1 Å². The number of rotatable bonds is 4. The number of urea groups is 1. The largest absolute Gasteiger partial charge is 0.480 e. The highest BCUT2D eigenvalue weighted by Gasteiger charge is 2.35. The van der Waals surface area contributed by atoms with Crippen LogP contribution in [0.2, 0.25) is 0 Å². The van der Waals surface area contributed by atoms with Crippen LogP contribution >= 0.6 is 11.8 Å². The highest BCUT2D eigenvalue weighted by molar-refractivity contribution is 8.00. The number of sulfone groups is 1. The van der Waals surface area contributed by atoms with Gasteiger partial charge >= 0.3 is 12.0 Å². The van der Waals surface area contributed by atoms with Gasteiger partial charge in [0.15, 0.2) is 9.84 Å². The molecule has 7 nitrogen and oxygen atoms in total. The molecule has 1 heterocycles. The molecule has 0 saturated carbocycles. The molecule has 2 unspecified atom stereocenters. The maximum Gasteiger partial charge on any atom is 0.326 e. The zero-order chi connectivity index (χ0) is 14.6. The molecular formula is C10H18N2O5S2. The Morgan fingerprint density at radius 2 is 2.16 bits per heavy atom. The molecule has 19 heavy (non-hydrogen) atoms. The number of carbonyl (C=O) groups excluding carboxylic acids is 1. The number of hydrogen-bond donors (Lipinski definition) is 2. The lowest BCUT2D eigenvalue weighted by molar-refractivity contribution is -0.139. The molecule has 9 heteroatoms. The lowest BCUT2D eigenvalue weighted by Gasteiger charge is -2.34. The number of thioether (sulfide) groups is 1. The number of carboxylic acid groups (broad SMARTS) is 1. The SMILES string of the molecule is CCC(NC(=O)N1CCSCC1S(C)(=O)=O)C(=O)O. The Hall–Kier alpha value is -0.960. The Labute approximate surface area is 116 Å². The second-order valence-electron chi connectivity index (χ2n) is 4.30. The molecule has 0 aromatic carbocycles. The van der Waals surface area contributed by atoms with Crippen LogP contribution in [0.15, 0.2) is 0 Å². The van der Waals surface area contributed by atoms with E-state index in [1.165, 1.54) is 16.7 Å². The second kappa shape index (κ2) is 6.47. The van der Waals surface area contributed by atoms with E-state index in [4.69, 9.17) is 5.11 Å². The minimum atomic E-state index is -3.39. The lowest BCUT2D eigenvalue weighted by Crippen LogP contribution is -2.56. The monoisotopic (exact) mass is 310 g/mol. The molecule has 2 amide bonds. The average Bonchev–Trinajstić information content (AvgIpc) is 2.34. The predicted molar refractivity (Wildman–Crippen MR) is 72.9 cm³/mol. The van der Waals surface area contributed by atoms with Crippen LogP contribution in [0.4, 0.5) is 4.79 Å². The van der Waals surface area contributed by atoms with Crippen molar-refractivity contribution in [3.63, 3.8) is 0 Å². The molecule has 110 valence electrons. The standard InChI is InChI=1S/C10H18N2O5S2/c1-3-7(9(13)14)11-10(15)12-4-5-18-6-8(12)19(2,16)17/h7-8H,3-6H2,1-2H3,(H,11,15)(H,13,14). The van der Waals surface area contributed by atoms with Crippen molar-refractivity contribution in [2.75, 3.05) is 24.3 Å². The number of carbonyl (C=O) groups is 2. The Morgan fingerprint density at radius 3 is 2.63 bits per heavy atom. The summed E-state index contributed by atoms with van der Waals surface area (Å²) in [6, 6.07) is -1.63. The maximum absolute atomic E-state index is 12.0. The van der Waals surface area contributed by atoms with E-state index in [9.17, 15) is 18.0 Å². The number of carboxylic acids is 1. The van der Waals surface area contributed by atoms with Gasteiger partial charge in [-0.3, -0.25) is 0 Å². The van der Waals surface area contributed by atoms with E-state index in [2.05, 4.69) is 5.32 Å². The molecule has 2 atom stereocenters. The Morgan fingerprint density at radius 1 is 1.53 bits per heavy atom. The van der Waals surface area contributed by atoms with Crippen molar-refractivity contribution in [1.29, 1.82) is 0 Å². The maximum atomic E-state index is 12.0. The lowest BCUT2D eigenvalue weighted by atomic mass is 10.2. The summed E-state index contributed by atoms with van der Waals surface area (Å²) in [7, 11) is -3.39. The van der Waals surface area contributed by atoms with Crippen LogP contribution in [0.5, 0.6) is 0 Å².